The lowest BCUT2D eigenvalue weighted by atomic mass is 10.5. The molecule has 1 rings (SSSR count). The van der Waals surface area contributed by atoms with Gasteiger partial charge in [-0.1, -0.05) is 0 Å². The number of hydrogen-bond acceptors (Lipinski definition) is 2. The van der Waals surface area contributed by atoms with Gasteiger partial charge in [0, 0.05) is 6.92 Å². The van der Waals surface area contributed by atoms with E-state index in [0.29, 0.717) is 0 Å². The van der Waals surface area contributed by atoms with Crippen LogP contribution in [0.5, 0.6) is 0 Å². The summed E-state index contributed by atoms with van der Waals surface area (Å²) in [6.45, 7) is 1.31. The molecular weight excluding hydrogens is 134 g/mol. The van der Waals surface area contributed by atoms with Gasteiger partial charge in [-0.15, -0.1) is 0 Å². The van der Waals surface area contributed by atoms with Crippen LogP contribution >= 0.6 is 12.6 Å². The van der Waals surface area contributed by atoms with Crippen LogP contribution in [0.25, 0.3) is 0 Å². The van der Waals surface area contributed by atoms with Gasteiger partial charge in [-0.05, 0) is 24.5 Å². The van der Waals surface area contributed by atoms with Crippen molar-refractivity contribution in [2.24, 2.45) is 11.7 Å². The van der Waals surface area contributed by atoms with E-state index >= 15 is 0 Å². The van der Waals surface area contributed by atoms with Gasteiger partial charge in [0.1, 0.15) is 0 Å². The van der Waals surface area contributed by atoms with Crippen LogP contribution < -0.4 is 5.73 Å². The highest BCUT2D eigenvalue weighted by Crippen LogP contribution is 2.29. The fraction of sp³-hybridized carbons (Fsp3) is 0.833. The molecular formula is C6H13NOS. The first-order valence-electron chi connectivity index (χ1n) is 3.03. The van der Waals surface area contributed by atoms with Gasteiger partial charge in [-0.3, -0.25) is 4.79 Å². The molecule has 3 heteroatoms. The zero-order chi connectivity index (χ0) is 7.28. The molecule has 0 heterocycles. The summed E-state index contributed by atoms with van der Waals surface area (Å²) in [4.78, 5) is 9.22. The molecule has 1 amide bonds. The van der Waals surface area contributed by atoms with Gasteiger partial charge in [0.2, 0.25) is 5.91 Å². The van der Waals surface area contributed by atoms with Crippen LogP contribution in [0.1, 0.15) is 19.8 Å². The maximum absolute atomic E-state index is 9.22. The molecule has 0 unspecified atom stereocenters. The Kier molecular flexibility index (Phi) is 4.58. The second-order valence-electron chi connectivity index (χ2n) is 2.24. The Bertz CT molecular complexity index is 87.1. The largest absolute Gasteiger partial charge is 0.370 e. The molecule has 54 valence electrons. The number of rotatable bonds is 1. The van der Waals surface area contributed by atoms with Crippen LogP contribution in [0.2, 0.25) is 0 Å². The molecule has 1 aliphatic rings. The molecule has 2 N–H and O–H groups in total. The zero-order valence-electron chi connectivity index (χ0n) is 5.63. The third-order valence-electron chi connectivity index (χ3n) is 0.955. The van der Waals surface area contributed by atoms with E-state index in [-0.39, 0.29) is 5.91 Å². The van der Waals surface area contributed by atoms with Crippen molar-refractivity contribution in [3.05, 3.63) is 0 Å². The average Bonchev–Trinajstić information content (AvgIpc) is 2.43. The first-order valence-corrected chi connectivity index (χ1v) is 3.67. The lowest BCUT2D eigenvalue weighted by molar-refractivity contribution is -0.115. The van der Waals surface area contributed by atoms with E-state index in [0.717, 1.165) is 11.7 Å². The lowest BCUT2D eigenvalue weighted by Gasteiger charge is -1.72. The fourth-order valence-corrected chi connectivity index (χ4v) is 0.666. The first-order chi connectivity index (χ1) is 4.16. The zero-order valence-corrected chi connectivity index (χ0v) is 6.53. The summed E-state index contributed by atoms with van der Waals surface area (Å²) < 4.78 is 0. The van der Waals surface area contributed by atoms with E-state index < -0.39 is 0 Å². The molecule has 0 saturated heterocycles. The Morgan fingerprint density at radius 2 is 2.11 bits per heavy atom. The Morgan fingerprint density at radius 1 is 1.78 bits per heavy atom. The molecule has 9 heavy (non-hydrogen) atoms. The molecule has 0 radical (unpaired) electrons. The second-order valence-corrected chi connectivity index (χ2v) is 2.60. The summed E-state index contributed by atoms with van der Waals surface area (Å²) in [6.07, 6.45) is 2.87. The van der Waals surface area contributed by atoms with Gasteiger partial charge in [0.25, 0.3) is 0 Å². The van der Waals surface area contributed by atoms with Gasteiger partial charge in [-0.25, -0.2) is 0 Å². The second kappa shape index (κ2) is 4.68. The summed E-state index contributed by atoms with van der Waals surface area (Å²) in [5.41, 5.74) is 4.47. The number of thiol groups is 1. The van der Waals surface area contributed by atoms with E-state index in [2.05, 4.69) is 18.4 Å². The smallest absolute Gasteiger partial charge is 0.214 e. The van der Waals surface area contributed by atoms with Crippen LogP contribution in [0, 0.1) is 5.92 Å². The molecule has 1 aliphatic carbocycles. The highest BCUT2D eigenvalue weighted by Gasteiger charge is 2.17. The van der Waals surface area contributed by atoms with Crippen molar-refractivity contribution in [1.82, 2.24) is 0 Å². The predicted molar refractivity (Wildman–Crippen MR) is 41.4 cm³/mol. The minimum atomic E-state index is -0.333. The summed E-state index contributed by atoms with van der Waals surface area (Å²) in [7, 11) is 0. The van der Waals surface area contributed by atoms with Crippen LogP contribution in [-0.2, 0) is 4.79 Å². The third-order valence-corrected chi connectivity index (χ3v) is 1.47. The van der Waals surface area contributed by atoms with Crippen LogP contribution in [0.3, 0.4) is 0 Å². The van der Waals surface area contributed by atoms with Crippen molar-refractivity contribution in [2.75, 3.05) is 5.75 Å². The third kappa shape index (κ3) is 11.4. The molecule has 0 aliphatic heterocycles. The van der Waals surface area contributed by atoms with Crippen LogP contribution in [0.15, 0.2) is 0 Å². The summed E-state index contributed by atoms with van der Waals surface area (Å²) in [6, 6.07) is 0. The SMILES string of the molecule is CC(N)=O.SCC1CC1. The maximum Gasteiger partial charge on any atom is 0.214 e. The molecule has 0 atom stereocenters. The molecule has 0 aromatic heterocycles. The van der Waals surface area contributed by atoms with Gasteiger partial charge < -0.3 is 5.73 Å². The highest BCUT2D eigenvalue weighted by atomic mass is 32.1. The summed E-state index contributed by atoms with van der Waals surface area (Å²) in [5, 5.41) is 0. The minimum Gasteiger partial charge on any atom is -0.370 e. The fourth-order valence-electron chi connectivity index (χ4n) is 0.300. The van der Waals surface area contributed by atoms with Crippen molar-refractivity contribution >= 4 is 18.5 Å². The monoisotopic (exact) mass is 147 g/mol. The first kappa shape index (κ1) is 8.82. The van der Waals surface area contributed by atoms with Crippen molar-refractivity contribution in [3.63, 3.8) is 0 Å². The van der Waals surface area contributed by atoms with Crippen molar-refractivity contribution in [3.8, 4) is 0 Å². The minimum absolute atomic E-state index is 0.333. The summed E-state index contributed by atoms with van der Waals surface area (Å²) in [5.74, 6) is 1.78. The number of primary amides is 1. The lowest BCUT2D eigenvalue weighted by Crippen LogP contribution is -2.01. The Morgan fingerprint density at radius 3 is 2.11 bits per heavy atom. The molecule has 0 aromatic rings. The maximum atomic E-state index is 9.22. The van der Waals surface area contributed by atoms with Gasteiger partial charge >= 0.3 is 0 Å². The molecule has 1 fully saturated rings. The van der Waals surface area contributed by atoms with Crippen molar-refractivity contribution in [1.29, 1.82) is 0 Å². The van der Waals surface area contributed by atoms with Gasteiger partial charge in [-0.2, -0.15) is 12.6 Å². The molecule has 0 bridgehead atoms. The topological polar surface area (TPSA) is 43.1 Å². The predicted octanol–water partition coefficient (Wildman–Crippen LogP) is 0.818. The number of nitrogens with two attached hydrogens (primary N) is 1. The van der Waals surface area contributed by atoms with E-state index in [4.69, 9.17) is 0 Å². The highest BCUT2D eigenvalue weighted by molar-refractivity contribution is 7.80. The van der Waals surface area contributed by atoms with Gasteiger partial charge in [0.15, 0.2) is 0 Å². The molecule has 0 aromatic carbocycles. The van der Waals surface area contributed by atoms with Crippen LogP contribution in [-0.4, -0.2) is 11.7 Å². The quantitative estimate of drug-likeness (QED) is 0.530. The number of amides is 1. The standard InChI is InChI=1S/C4H8S.C2H5NO/c5-3-4-1-2-4;1-2(3)4/h4-5H,1-3H2;1H3,(H2,3,4). The van der Waals surface area contributed by atoms with Gasteiger partial charge in [0.05, 0.1) is 0 Å². The van der Waals surface area contributed by atoms with Crippen LogP contribution in [0.4, 0.5) is 0 Å². The number of carbonyl (C=O) groups is 1. The van der Waals surface area contributed by atoms with E-state index in [1.807, 2.05) is 0 Å². The summed E-state index contributed by atoms with van der Waals surface area (Å²) >= 11 is 4.08. The van der Waals surface area contributed by atoms with E-state index in [9.17, 15) is 4.79 Å². The van der Waals surface area contributed by atoms with E-state index in [1.165, 1.54) is 19.8 Å². The van der Waals surface area contributed by atoms with Crippen molar-refractivity contribution < 1.29 is 4.79 Å². The normalized spacial score (nSPS) is 15.8. The number of hydrogen-bond donors (Lipinski definition) is 2. The Balaban J connectivity index is 0.000000148. The van der Waals surface area contributed by atoms with E-state index in [1.54, 1.807) is 0 Å². The Labute approximate surface area is 61.2 Å². The Hall–Kier alpha value is -0.180. The molecule has 1 saturated carbocycles. The average molecular weight is 147 g/mol. The van der Waals surface area contributed by atoms with Crippen molar-refractivity contribution in [2.45, 2.75) is 19.8 Å². The molecule has 0 spiro atoms. The molecule has 2 nitrogen and oxygen atoms in total. The number of carbonyl (C=O) groups excluding carboxylic acids is 1.